The number of anilines is 1. The molecule has 0 aliphatic heterocycles. The fraction of sp³-hybridized carbons (Fsp3) is 0.182. The Kier molecular flexibility index (Phi) is 5.25. The summed E-state index contributed by atoms with van der Waals surface area (Å²) < 4.78 is 18.0. The predicted octanol–water partition coefficient (Wildman–Crippen LogP) is 2.57. The number of carbonyl (C=O) groups is 1. The molecule has 0 unspecified atom stereocenters. The van der Waals surface area contributed by atoms with Gasteiger partial charge in [0.2, 0.25) is 0 Å². The molecule has 1 aromatic rings. The summed E-state index contributed by atoms with van der Waals surface area (Å²) in [5, 5.41) is 12.8. The van der Waals surface area contributed by atoms with E-state index in [1.165, 1.54) is 25.1 Å². The number of nitrogens with zero attached hydrogens (tertiary/aromatic N) is 1. The van der Waals surface area contributed by atoms with E-state index in [1.807, 2.05) is 0 Å². The van der Waals surface area contributed by atoms with Crippen molar-refractivity contribution in [2.45, 2.75) is 6.92 Å². The van der Waals surface area contributed by atoms with Crippen LogP contribution >= 0.6 is 11.6 Å². The minimum atomic E-state index is -1.11. The van der Waals surface area contributed by atoms with Crippen molar-refractivity contribution in [3.05, 3.63) is 51.1 Å². The van der Waals surface area contributed by atoms with Crippen LogP contribution in [0.15, 0.2) is 30.1 Å². The van der Waals surface area contributed by atoms with E-state index in [0.717, 1.165) is 6.20 Å². The van der Waals surface area contributed by atoms with Crippen molar-refractivity contribution < 1.29 is 18.8 Å². The summed E-state index contributed by atoms with van der Waals surface area (Å²) in [6, 6.07) is 4.10. The van der Waals surface area contributed by atoms with E-state index in [-0.39, 0.29) is 17.3 Å². The van der Waals surface area contributed by atoms with Gasteiger partial charge in [0.25, 0.3) is 0 Å². The number of nitro groups is 1. The van der Waals surface area contributed by atoms with E-state index in [2.05, 4.69) is 10.1 Å². The van der Waals surface area contributed by atoms with Gasteiger partial charge in [0.05, 0.1) is 28.4 Å². The maximum absolute atomic E-state index is 13.5. The number of ether oxygens (including phenoxy) is 1. The lowest BCUT2D eigenvalue weighted by Crippen LogP contribution is -2.16. The second kappa shape index (κ2) is 6.69. The fourth-order valence-electron chi connectivity index (χ4n) is 1.15. The average Bonchev–Trinajstić information content (AvgIpc) is 2.34. The smallest absolute Gasteiger partial charge is 0.411 e. The number of esters is 1. The number of hydrogen-bond acceptors (Lipinski definition) is 5. The van der Waals surface area contributed by atoms with Crippen LogP contribution in [0.4, 0.5) is 10.1 Å². The topological polar surface area (TPSA) is 81.5 Å². The summed E-state index contributed by atoms with van der Waals surface area (Å²) in [6.07, 6.45) is 0.757. The van der Waals surface area contributed by atoms with Gasteiger partial charge in [0, 0.05) is 0 Å². The van der Waals surface area contributed by atoms with Crippen molar-refractivity contribution in [1.82, 2.24) is 0 Å². The molecular formula is C11H10ClFN2O4. The molecule has 0 saturated carbocycles. The van der Waals surface area contributed by atoms with Gasteiger partial charge in [-0.15, -0.1) is 0 Å². The summed E-state index contributed by atoms with van der Waals surface area (Å²) in [4.78, 5) is 21.0. The zero-order chi connectivity index (χ0) is 14.4. The monoisotopic (exact) mass is 288 g/mol. The zero-order valence-corrected chi connectivity index (χ0v) is 10.6. The number of carbonyl (C=O) groups excluding carboxylic acids is 1. The lowest BCUT2D eigenvalue weighted by atomic mass is 10.3. The molecule has 1 aromatic carbocycles. The molecule has 0 amide bonds. The highest BCUT2D eigenvalue weighted by molar-refractivity contribution is 6.31. The molecule has 6 nitrogen and oxygen atoms in total. The Bertz CT molecular complexity index is 533. The minimum Gasteiger partial charge on any atom is -0.458 e. The molecular weight excluding hydrogens is 279 g/mol. The van der Waals surface area contributed by atoms with Gasteiger partial charge >= 0.3 is 11.7 Å². The van der Waals surface area contributed by atoms with Crippen molar-refractivity contribution >= 4 is 23.3 Å². The van der Waals surface area contributed by atoms with E-state index in [0.29, 0.717) is 0 Å². The summed E-state index contributed by atoms with van der Waals surface area (Å²) >= 11 is 5.54. The zero-order valence-electron chi connectivity index (χ0n) is 9.85. The fourth-order valence-corrected chi connectivity index (χ4v) is 1.33. The normalized spacial score (nSPS) is 11.0. The van der Waals surface area contributed by atoms with E-state index in [1.54, 1.807) is 0 Å². The SMILES string of the molecule is CCOC(=O)C(=CNc1cccc(Cl)c1F)[N+](=O)[O-]. The van der Waals surface area contributed by atoms with Crippen molar-refractivity contribution in [2.75, 3.05) is 11.9 Å². The molecule has 0 heterocycles. The van der Waals surface area contributed by atoms with Crippen LogP contribution in [0, 0.1) is 15.9 Å². The Balaban J connectivity index is 2.96. The Labute approximate surface area is 113 Å². The number of hydrogen-bond donors (Lipinski definition) is 1. The lowest BCUT2D eigenvalue weighted by Gasteiger charge is -2.04. The van der Waals surface area contributed by atoms with E-state index in [4.69, 9.17) is 11.6 Å². The van der Waals surface area contributed by atoms with Gasteiger partial charge in [-0.25, -0.2) is 9.18 Å². The van der Waals surface area contributed by atoms with Crippen LogP contribution in [-0.2, 0) is 9.53 Å². The summed E-state index contributed by atoms with van der Waals surface area (Å²) in [5.74, 6) is -1.88. The van der Waals surface area contributed by atoms with Crippen molar-refractivity contribution in [3.63, 3.8) is 0 Å². The predicted molar refractivity (Wildman–Crippen MR) is 66.7 cm³/mol. The molecule has 0 radical (unpaired) electrons. The second-order valence-corrected chi connectivity index (χ2v) is 3.66. The van der Waals surface area contributed by atoms with Gasteiger partial charge in [-0.1, -0.05) is 17.7 Å². The molecule has 0 saturated heterocycles. The highest BCUT2D eigenvalue weighted by atomic mass is 35.5. The van der Waals surface area contributed by atoms with E-state index < -0.39 is 22.4 Å². The quantitative estimate of drug-likeness (QED) is 0.390. The van der Waals surface area contributed by atoms with Gasteiger partial charge in [0.15, 0.2) is 5.82 Å². The highest BCUT2D eigenvalue weighted by Gasteiger charge is 2.23. The maximum Gasteiger partial charge on any atom is 0.411 e. The minimum absolute atomic E-state index is 0.00443. The second-order valence-electron chi connectivity index (χ2n) is 3.25. The highest BCUT2D eigenvalue weighted by Crippen LogP contribution is 2.22. The van der Waals surface area contributed by atoms with E-state index in [9.17, 15) is 19.3 Å². The van der Waals surface area contributed by atoms with Crippen LogP contribution in [0.3, 0.4) is 0 Å². The van der Waals surface area contributed by atoms with Gasteiger partial charge in [-0.2, -0.15) is 0 Å². The molecule has 0 spiro atoms. The summed E-state index contributed by atoms with van der Waals surface area (Å²) in [6.45, 7) is 1.51. The molecule has 0 bridgehead atoms. The Morgan fingerprint density at radius 2 is 2.32 bits per heavy atom. The van der Waals surface area contributed by atoms with Gasteiger partial charge in [-0.05, 0) is 19.1 Å². The largest absolute Gasteiger partial charge is 0.458 e. The van der Waals surface area contributed by atoms with Crippen LogP contribution in [0.2, 0.25) is 5.02 Å². The first-order valence-electron chi connectivity index (χ1n) is 5.19. The first-order chi connectivity index (χ1) is 8.97. The molecule has 0 fully saturated rings. The first kappa shape index (κ1) is 14.9. The van der Waals surface area contributed by atoms with Gasteiger partial charge in [0.1, 0.15) is 0 Å². The van der Waals surface area contributed by atoms with Crippen LogP contribution in [-0.4, -0.2) is 17.5 Å². The molecule has 0 aromatic heterocycles. The Morgan fingerprint density at radius 3 is 2.89 bits per heavy atom. The number of rotatable bonds is 5. The third-order valence-corrected chi connectivity index (χ3v) is 2.29. The molecule has 0 aliphatic carbocycles. The number of nitrogens with one attached hydrogen (secondary N) is 1. The van der Waals surface area contributed by atoms with E-state index >= 15 is 0 Å². The third kappa shape index (κ3) is 3.92. The Hall–Kier alpha value is -2.15. The first-order valence-corrected chi connectivity index (χ1v) is 5.57. The van der Waals surface area contributed by atoms with Crippen LogP contribution in [0.5, 0.6) is 0 Å². The van der Waals surface area contributed by atoms with Crippen molar-refractivity contribution in [3.8, 4) is 0 Å². The molecule has 102 valence electrons. The standard InChI is InChI=1S/C11H10ClFN2O4/c1-2-19-11(16)9(15(17)18)6-14-8-5-3-4-7(12)10(8)13/h3-6,14H,2H2,1H3. The molecule has 0 aliphatic rings. The van der Waals surface area contributed by atoms with Crippen molar-refractivity contribution in [2.24, 2.45) is 0 Å². The molecule has 1 rings (SSSR count). The molecule has 0 atom stereocenters. The van der Waals surface area contributed by atoms with Crippen molar-refractivity contribution in [1.29, 1.82) is 0 Å². The maximum atomic E-state index is 13.5. The van der Waals surface area contributed by atoms with Crippen LogP contribution in [0.1, 0.15) is 6.92 Å². The molecule has 19 heavy (non-hydrogen) atoms. The molecule has 8 heteroatoms. The lowest BCUT2D eigenvalue weighted by molar-refractivity contribution is -0.421. The summed E-state index contributed by atoms with van der Waals surface area (Å²) in [5.41, 5.74) is -0.919. The van der Waals surface area contributed by atoms with Crippen LogP contribution < -0.4 is 5.32 Å². The number of halogens is 2. The van der Waals surface area contributed by atoms with Gasteiger partial charge in [-0.3, -0.25) is 10.1 Å². The summed E-state index contributed by atoms with van der Waals surface area (Å²) in [7, 11) is 0. The molecule has 1 N–H and O–H groups in total. The number of benzene rings is 1. The third-order valence-electron chi connectivity index (χ3n) is 2.00. The average molecular weight is 289 g/mol. The Morgan fingerprint density at radius 1 is 1.63 bits per heavy atom. The van der Waals surface area contributed by atoms with Gasteiger partial charge < -0.3 is 10.1 Å². The van der Waals surface area contributed by atoms with Crippen LogP contribution in [0.25, 0.3) is 0 Å².